The molecule has 1 N–H and O–H groups in total. The molecule has 3 heteroatoms. The quantitative estimate of drug-likeness (QED) is 0.527. The van der Waals surface area contributed by atoms with Crippen molar-refractivity contribution < 1.29 is 4.74 Å². The molecule has 2 aromatic carbocycles. The average molecular weight is 403 g/mol. The predicted octanol–water partition coefficient (Wildman–Crippen LogP) is 7.29. The van der Waals surface area contributed by atoms with Crippen LogP contribution in [-0.2, 0) is 30.4 Å². The fourth-order valence-corrected chi connectivity index (χ4v) is 3.80. The molecule has 0 saturated heterocycles. The highest BCUT2D eigenvalue weighted by Crippen LogP contribution is 2.32. The molecular weight excluding hydrogens is 368 g/mol. The van der Waals surface area contributed by atoms with Gasteiger partial charge in [0.2, 0.25) is 5.90 Å². The summed E-state index contributed by atoms with van der Waals surface area (Å²) >= 11 is 0. The van der Waals surface area contributed by atoms with Gasteiger partial charge >= 0.3 is 0 Å². The molecule has 0 bridgehead atoms. The Balaban J connectivity index is 2.11. The van der Waals surface area contributed by atoms with Crippen LogP contribution >= 0.6 is 0 Å². The van der Waals surface area contributed by atoms with Crippen molar-refractivity contribution in [2.24, 2.45) is 4.99 Å². The zero-order valence-corrected chi connectivity index (χ0v) is 19.2. The summed E-state index contributed by atoms with van der Waals surface area (Å²) in [5.74, 6) is 1.52. The number of rotatable bonds is 7. The number of ether oxygens (including phenoxy) is 1. The Morgan fingerprint density at radius 1 is 0.800 bits per heavy atom. The van der Waals surface area contributed by atoms with Crippen LogP contribution in [0.1, 0.15) is 63.8 Å². The Kier molecular flexibility index (Phi) is 7.15. The summed E-state index contributed by atoms with van der Waals surface area (Å²) in [6.07, 6.45) is 5.93. The standard InChI is InChI=1S/C27H34N2O/c1-7-19-13-11-14-20(8-2)25(19)28-23-17-24(18(5)6)30-27(23)29-26-21(9-3)15-12-16-22(26)10-4/h11-17,28H,7-10H2,1-6H3. The van der Waals surface area contributed by atoms with E-state index in [2.05, 4.69) is 89.3 Å². The second kappa shape index (κ2) is 9.80. The maximum atomic E-state index is 6.23. The van der Waals surface area contributed by atoms with Gasteiger partial charge in [0.25, 0.3) is 0 Å². The van der Waals surface area contributed by atoms with E-state index in [-0.39, 0.29) is 0 Å². The maximum absolute atomic E-state index is 6.23. The van der Waals surface area contributed by atoms with Gasteiger partial charge in [-0.15, -0.1) is 0 Å². The van der Waals surface area contributed by atoms with Crippen molar-refractivity contribution in [1.82, 2.24) is 0 Å². The molecule has 0 saturated carbocycles. The molecule has 0 aliphatic carbocycles. The van der Waals surface area contributed by atoms with Crippen LogP contribution in [0, 0.1) is 0 Å². The van der Waals surface area contributed by atoms with Crippen LogP contribution in [0.5, 0.6) is 0 Å². The minimum Gasteiger partial charge on any atom is -0.437 e. The van der Waals surface area contributed by atoms with Crippen molar-refractivity contribution in [2.75, 3.05) is 5.32 Å². The van der Waals surface area contributed by atoms with Gasteiger partial charge in [-0.05, 0) is 67.4 Å². The second-order valence-corrected chi connectivity index (χ2v) is 7.86. The number of aliphatic imine (C=N–C) groups is 1. The van der Waals surface area contributed by atoms with Crippen LogP contribution in [0.2, 0.25) is 0 Å². The van der Waals surface area contributed by atoms with Gasteiger partial charge in [0.1, 0.15) is 11.5 Å². The third-order valence-electron chi connectivity index (χ3n) is 5.64. The van der Waals surface area contributed by atoms with E-state index >= 15 is 0 Å². The van der Waals surface area contributed by atoms with E-state index in [0.717, 1.165) is 48.4 Å². The van der Waals surface area contributed by atoms with E-state index in [1.165, 1.54) is 27.9 Å². The summed E-state index contributed by atoms with van der Waals surface area (Å²) in [5, 5.41) is 3.68. The number of hydrogen-bond donors (Lipinski definition) is 1. The van der Waals surface area contributed by atoms with Crippen LogP contribution < -0.4 is 5.32 Å². The summed E-state index contributed by atoms with van der Waals surface area (Å²) in [6, 6.07) is 13.0. The fourth-order valence-electron chi connectivity index (χ4n) is 3.80. The predicted molar refractivity (Wildman–Crippen MR) is 129 cm³/mol. The molecule has 0 radical (unpaired) electrons. The summed E-state index contributed by atoms with van der Waals surface area (Å²) in [4.78, 5) is 5.05. The largest absolute Gasteiger partial charge is 0.437 e. The lowest BCUT2D eigenvalue weighted by atomic mass is 10.0. The van der Waals surface area contributed by atoms with Crippen molar-refractivity contribution in [3.63, 3.8) is 0 Å². The molecule has 158 valence electrons. The third kappa shape index (κ3) is 4.51. The molecule has 1 aliphatic rings. The summed E-state index contributed by atoms with van der Waals surface area (Å²) < 4.78 is 6.23. The second-order valence-electron chi connectivity index (χ2n) is 7.86. The number of anilines is 1. The molecule has 1 aliphatic heterocycles. The lowest BCUT2D eigenvalue weighted by Gasteiger charge is -2.16. The molecule has 0 amide bonds. The van der Waals surface area contributed by atoms with Crippen molar-refractivity contribution >= 4 is 17.3 Å². The zero-order chi connectivity index (χ0) is 21.7. The zero-order valence-electron chi connectivity index (χ0n) is 19.2. The summed E-state index contributed by atoms with van der Waals surface area (Å²) in [7, 11) is 0. The monoisotopic (exact) mass is 402 g/mol. The van der Waals surface area contributed by atoms with Crippen molar-refractivity contribution in [1.29, 1.82) is 0 Å². The van der Waals surface area contributed by atoms with Crippen LogP contribution in [0.3, 0.4) is 0 Å². The van der Waals surface area contributed by atoms with E-state index in [4.69, 9.17) is 9.73 Å². The number of aryl methyl sites for hydroxylation is 4. The molecular formula is C27H34N2O. The van der Waals surface area contributed by atoms with Crippen molar-refractivity contribution in [2.45, 2.75) is 67.2 Å². The molecule has 3 rings (SSSR count). The Bertz CT molecular complexity index is 963. The van der Waals surface area contributed by atoms with Gasteiger partial charge in [-0.25, -0.2) is 4.99 Å². The fraction of sp³-hybridized carbons (Fsp3) is 0.370. The third-order valence-corrected chi connectivity index (χ3v) is 5.64. The molecule has 1 heterocycles. The van der Waals surface area contributed by atoms with Crippen LogP contribution in [-0.4, -0.2) is 5.90 Å². The average Bonchev–Trinajstić information content (AvgIpc) is 3.16. The Labute approximate surface area is 181 Å². The molecule has 3 nitrogen and oxygen atoms in total. The SMILES string of the molecule is CCc1cccc(CC)c1N=C1OC(=C(C)C)C=C1Nc1c(CC)cccc1CC. The van der Waals surface area contributed by atoms with Gasteiger partial charge < -0.3 is 10.1 Å². The van der Waals surface area contributed by atoms with E-state index in [0.29, 0.717) is 5.90 Å². The number of nitrogens with one attached hydrogen (secondary N) is 1. The molecule has 0 spiro atoms. The molecule has 0 unspecified atom stereocenters. The number of para-hydroxylation sites is 2. The van der Waals surface area contributed by atoms with Gasteiger partial charge in [0.15, 0.2) is 0 Å². The summed E-state index contributed by atoms with van der Waals surface area (Å²) in [5.41, 5.74) is 9.40. The molecule has 0 aromatic heterocycles. The first-order valence-electron chi connectivity index (χ1n) is 11.2. The number of benzene rings is 2. The number of allylic oxidation sites excluding steroid dienone is 2. The van der Waals surface area contributed by atoms with Crippen LogP contribution in [0.4, 0.5) is 11.4 Å². The lowest BCUT2D eigenvalue weighted by Crippen LogP contribution is -2.12. The van der Waals surface area contributed by atoms with Gasteiger partial charge in [-0.1, -0.05) is 64.1 Å². The Hall–Kier alpha value is -2.81. The summed E-state index contributed by atoms with van der Waals surface area (Å²) in [6.45, 7) is 12.9. The van der Waals surface area contributed by atoms with Crippen LogP contribution in [0.15, 0.2) is 64.5 Å². The van der Waals surface area contributed by atoms with E-state index in [1.54, 1.807) is 0 Å². The lowest BCUT2D eigenvalue weighted by molar-refractivity contribution is 0.443. The molecule has 0 fully saturated rings. The smallest absolute Gasteiger partial charge is 0.243 e. The highest BCUT2D eigenvalue weighted by Gasteiger charge is 2.23. The highest BCUT2D eigenvalue weighted by atomic mass is 16.5. The van der Waals surface area contributed by atoms with Gasteiger partial charge in [-0.3, -0.25) is 0 Å². The first-order chi connectivity index (χ1) is 14.5. The maximum Gasteiger partial charge on any atom is 0.243 e. The van der Waals surface area contributed by atoms with Crippen molar-refractivity contribution in [3.8, 4) is 0 Å². The topological polar surface area (TPSA) is 33.6 Å². The van der Waals surface area contributed by atoms with E-state index in [1.807, 2.05) is 0 Å². The molecule has 2 aromatic rings. The van der Waals surface area contributed by atoms with Gasteiger partial charge in [-0.2, -0.15) is 0 Å². The Morgan fingerprint density at radius 2 is 1.30 bits per heavy atom. The normalized spacial score (nSPS) is 14.7. The highest BCUT2D eigenvalue weighted by molar-refractivity contribution is 6.02. The minimum atomic E-state index is 0.648. The Morgan fingerprint density at radius 3 is 1.77 bits per heavy atom. The number of hydrogen-bond acceptors (Lipinski definition) is 3. The van der Waals surface area contributed by atoms with Crippen molar-refractivity contribution in [3.05, 3.63) is 81.8 Å². The van der Waals surface area contributed by atoms with Gasteiger partial charge in [0.05, 0.1) is 5.69 Å². The van der Waals surface area contributed by atoms with E-state index < -0.39 is 0 Å². The molecule has 30 heavy (non-hydrogen) atoms. The molecule has 0 atom stereocenters. The first kappa shape index (κ1) is 21.9. The minimum absolute atomic E-state index is 0.648. The van der Waals surface area contributed by atoms with Gasteiger partial charge in [0, 0.05) is 11.8 Å². The van der Waals surface area contributed by atoms with E-state index in [9.17, 15) is 0 Å². The van der Waals surface area contributed by atoms with Crippen LogP contribution in [0.25, 0.3) is 0 Å². The first-order valence-corrected chi connectivity index (χ1v) is 11.2. The number of nitrogens with zero attached hydrogens (tertiary/aromatic N) is 1.